The van der Waals surface area contributed by atoms with Gasteiger partial charge in [0.15, 0.2) is 10.8 Å². The van der Waals surface area contributed by atoms with E-state index in [1.54, 1.807) is 0 Å². The normalized spacial score (nSPS) is 12.0. The number of hydrogen-bond donors (Lipinski definition) is 0. The maximum absolute atomic E-state index is 12.7. The third kappa shape index (κ3) is 2.84. The predicted octanol–water partition coefficient (Wildman–Crippen LogP) is 4.08. The van der Waals surface area contributed by atoms with Gasteiger partial charge in [-0.3, -0.25) is 4.79 Å². The number of rotatable bonds is 2. The van der Waals surface area contributed by atoms with Crippen molar-refractivity contribution in [3.63, 3.8) is 0 Å². The molecular weight excluding hydrogens is 348 g/mol. The Morgan fingerprint density at radius 2 is 1.69 bits per heavy atom. The predicted molar refractivity (Wildman–Crippen MR) is 102 cm³/mol. The zero-order valence-corrected chi connectivity index (χ0v) is 15.8. The summed E-state index contributed by atoms with van der Waals surface area (Å²) in [5.41, 5.74) is 1.95. The molecule has 4 rings (SSSR count). The van der Waals surface area contributed by atoms with Crippen molar-refractivity contribution in [2.24, 2.45) is 0 Å². The molecular formula is C19H18N4O2S. The number of aromatic nitrogens is 4. The number of furan rings is 1. The fourth-order valence-corrected chi connectivity index (χ4v) is 3.41. The Bertz CT molecular complexity index is 1150. The molecule has 0 atom stereocenters. The highest BCUT2D eigenvalue weighted by Crippen LogP contribution is 2.30. The zero-order valence-electron chi connectivity index (χ0n) is 15.0. The lowest BCUT2D eigenvalue weighted by Crippen LogP contribution is -2.30. The molecule has 6 nitrogen and oxygen atoms in total. The van der Waals surface area contributed by atoms with Crippen molar-refractivity contribution in [3.05, 3.63) is 58.0 Å². The summed E-state index contributed by atoms with van der Waals surface area (Å²) in [4.78, 5) is 13.1. The average Bonchev–Trinajstić information content (AvgIpc) is 3.21. The second-order valence-corrected chi connectivity index (χ2v) is 8.19. The van der Waals surface area contributed by atoms with Crippen molar-refractivity contribution in [1.82, 2.24) is 19.8 Å². The Morgan fingerprint density at radius 1 is 1.00 bits per heavy atom. The Kier molecular flexibility index (Phi) is 3.77. The van der Waals surface area contributed by atoms with Crippen LogP contribution in [0, 0.1) is 6.92 Å². The van der Waals surface area contributed by atoms with Gasteiger partial charge < -0.3 is 4.42 Å². The van der Waals surface area contributed by atoms with E-state index in [1.807, 2.05) is 64.1 Å². The van der Waals surface area contributed by atoms with E-state index < -0.39 is 5.41 Å². The van der Waals surface area contributed by atoms with Gasteiger partial charge in [0.05, 0.1) is 0 Å². The minimum absolute atomic E-state index is 0.240. The first-order chi connectivity index (χ1) is 12.3. The molecule has 4 aromatic rings. The number of hydrogen-bond acceptors (Lipinski definition) is 6. The number of benzene rings is 1. The van der Waals surface area contributed by atoms with E-state index in [1.165, 1.54) is 21.4 Å². The maximum atomic E-state index is 12.7. The molecule has 0 unspecified atom stereocenters. The minimum atomic E-state index is -0.391. The fraction of sp³-hybridized carbons (Fsp3) is 0.263. The average molecular weight is 366 g/mol. The summed E-state index contributed by atoms with van der Waals surface area (Å²) >= 11 is 1.28. The Morgan fingerprint density at radius 3 is 2.38 bits per heavy atom. The van der Waals surface area contributed by atoms with E-state index in [2.05, 4.69) is 15.3 Å². The second-order valence-electron chi connectivity index (χ2n) is 7.24. The van der Waals surface area contributed by atoms with Crippen LogP contribution in [-0.4, -0.2) is 19.8 Å². The molecule has 0 aliphatic rings. The molecule has 0 aliphatic heterocycles. The summed E-state index contributed by atoms with van der Waals surface area (Å²) in [6, 6.07) is 11.9. The highest BCUT2D eigenvalue weighted by Gasteiger charge is 2.23. The van der Waals surface area contributed by atoms with Gasteiger partial charge in [-0.15, -0.1) is 15.3 Å². The first-order valence-corrected chi connectivity index (χ1v) is 9.09. The van der Waals surface area contributed by atoms with Crippen LogP contribution in [0.15, 0.2) is 45.6 Å². The Balaban J connectivity index is 1.77. The molecule has 0 aliphatic carbocycles. The van der Waals surface area contributed by atoms with Crippen LogP contribution in [0.1, 0.15) is 32.0 Å². The third-order valence-corrected chi connectivity index (χ3v) is 4.97. The molecule has 7 heteroatoms. The van der Waals surface area contributed by atoms with E-state index in [9.17, 15) is 4.79 Å². The van der Waals surface area contributed by atoms with Crippen LogP contribution >= 0.6 is 11.3 Å². The van der Waals surface area contributed by atoms with Crippen molar-refractivity contribution in [3.8, 4) is 22.1 Å². The molecule has 0 N–H and O–H groups in total. The topological polar surface area (TPSA) is 73.3 Å². The monoisotopic (exact) mass is 366 g/mol. The zero-order chi connectivity index (χ0) is 18.5. The first-order valence-electron chi connectivity index (χ1n) is 8.27. The van der Waals surface area contributed by atoms with Gasteiger partial charge in [-0.1, -0.05) is 61.9 Å². The molecule has 0 saturated carbocycles. The summed E-state index contributed by atoms with van der Waals surface area (Å²) in [6.07, 6.45) is 0. The molecule has 0 saturated heterocycles. The van der Waals surface area contributed by atoms with E-state index in [-0.39, 0.29) is 5.56 Å². The lowest BCUT2D eigenvalue weighted by atomic mass is 9.93. The van der Waals surface area contributed by atoms with Gasteiger partial charge >= 0.3 is 0 Å². The van der Waals surface area contributed by atoms with Crippen LogP contribution in [0.25, 0.3) is 27.1 Å². The second kappa shape index (κ2) is 5.88. The van der Waals surface area contributed by atoms with Crippen molar-refractivity contribution in [2.75, 3.05) is 0 Å². The van der Waals surface area contributed by atoms with Crippen LogP contribution in [0.5, 0.6) is 0 Å². The molecule has 0 spiro atoms. The van der Waals surface area contributed by atoms with Gasteiger partial charge in [-0.25, -0.2) is 0 Å². The highest BCUT2D eigenvalue weighted by molar-refractivity contribution is 7.19. The van der Waals surface area contributed by atoms with E-state index >= 15 is 0 Å². The van der Waals surface area contributed by atoms with Crippen molar-refractivity contribution in [2.45, 2.75) is 33.1 Å². The minimum Gasteiger partial charge on any atom is -0.454 e. The van der Waals surface area contributed by atoms with Crippen LogP contribution < -0.4 is 5.56 Å². The quantitative estimate of drug-likeness (QED) is 0.534. The van der Waals surface area contributed by atoms with E-state index in [0.717, 1.165) is 11.3 Å². The van der Waals surface area contributed by atoms with Crippen LogP contribution in [-0.2, 0) is 5.41 Å². The van der Waals surface area contributed by atoms with Crippen LogP contribution in [0.4, 0.5) is 0 Å². The van der Waals surface area contributed by atoms with E-state index in [0.29, 0.717) is 21.4 Å². The molecule has 1 aromatic carbocycles. The van der Waals surface area contributed by atoms with Crippen LogP contribution in [0.3, 0.4) is 0 Å². The lowest BCUT2D eigenvalue weighted by Gasteiger charge is -2.14. The maximum Gasteiger partial charge on any atom is 0.297 e. The Hall–Kier alpha value is -2.80. The van der Waals surface area contributed by atoms with Crippen molar-refractivity contribution >= 4 is 16.3 Å². The highest BCUT2D eigenvalue weighted by atomic mass is 32.1. The standard InChI is InChI=1S/C19H18N4O2S/c1-11-5-7-12(8-6-11)13-9-10-14(25-13)16-22-23-17(24)15(19(2,3)4)20-21-18(23)26-16/h5-10H,1-4H3. The molecule has 0 fully saturated rings. The van der Waals surface area contributed by atoms with Gasteiger partial charge in [0.25, 0.3) is 5.56 Å². The Labute approximate surface area is 154 Å². The summed E-state index contributed by atoms with van der Waals surface area (Å²) in [5, 5.41) is 13.3. The van der Waals surface area contributed by atoms with Crippen molar-refractivity contribution in [1.29, 1.82) is 0 Å². The molecule has 0 amide bonds. The van der Waals surface area contributed by atoms with Gasteiger partial charge in [0, 0.05) is 11.0 Å². The van der Waals surface area contributed by atoms with Gasteiger partial charge in [-0.05, 0) is 19.1 Å². The smallest absolute Gasteiger partial charge is 0.297 e. The van der Waals surface area contributed by atoms with Gasteiger partial charge in [0.1, 0.15) is 11.5 Å². The molecule has 26 heavy (non-hydrogen) atoms. The van der Waals surface area contributed by atoms with Crippen molar-refractivity contribution < 1.29 is 4.42 Å². The number of nitrogens with zero attached hydrogens (tertiary/aromatic N) is 4. The summed E-state index contributed by atoms with van der Waals surface area (Å²) < 4.78 is 7.25. The number of aryl methyl sites for hydroxylation is 1. The first kappa shape index (κ1) is 16.7. The fourth-order valence-electron chi connectivity index (χ4n) is 2.61. The van der Waals surface area contributed by atoms with Gasteiger partial charge in [0.2, 0.25) is 4.96 Å². The van der Waals surface area contributed by atoms with E-state index in [4.69, 9.17) is 4.42 Å². The lowest BCUT2D eigenvalue weighted by molar-refractivity contribution is 0.542. The largest absolute Gasteiger partial charge is 0.454 e. The summed E-state index contributed by atoms with van der Waals surface area (Å²) in [5.74, 6) is 1.36. The SMILES string of the molecule is Cc1ccc(-c2ccc(-c3nn4c(=O)c(C(C)(C)C)nnc4s3)o2)cc1. The van der Waals surface area contributed by atoms with Gasteiger partial charge in [-0.2, -0.15) is 4.52 Å². The molecule has 3 aromatic heterocycles. The summed E-state index contributed by atoms with van der Waals surface area (Å²) in [7, 11) is 0. The molecule has 0 bridgehead atoms. The number of fused-ring (bicyclic) bond motifs is 1. The summed E-state index contributed by atoms with van der Waals surface area (Å²) in [6.45, 7) is 7.83. The third-order valence-electron chi connectivity index (χ3n) is 4.05. The molecule has 0 radical (unpaired) electrons. The van der Waals surface area contributed by atoms with Crippen LogP contribution in [0.2, 0.25) is 0 Å². The molecule has 132 valence electrons. The molecule has 3 heterocycles.